The first-order chi connectivity index (χ1) is 9.58. The highest BCUT2D eigenvalue weighted by Gasteiger charge is 2.12. The second kappa shape index (κ2) is 9.34. The van der Waals surface area contributed by atoms with Crippen molar-refractivity contribution < 1.29 is 9.84 Å². The first-order valence-corrected chi connectivity index (χ1v) is 7.75. The minimum absolute atomic E-state index is 0.349. The van der Waals surface area contributed by atoms with E-state index in [2.05, 4.69) is 45.2 Å². The van der Waals surface area contributed by atoms with Gasteiger partial charge in [-0.25, -0.2) is 0 Å². The number of ether oxygens (including phenoxy) is 1. The summed E-state index contributed by atoms with van der Waals surface area (Å²) in [4.78, 5) is 2.07. The fraction of sp³-hybridized carbons (Fsp3) is 0.600. The van der Waals surface area contributed by atoms with Crippen LogP contribution in [0.3, 0.4) is 0 Å². The fourth-order valence-corrected chi connectivity index (χ4v) is 2.45. The first-order valence-electron chi connectivity index (χ1n) is 6.95. The molecule has 4 nitrogen and oxygen atoms in total. The lowest BCUT2D eigenvalue weighted by Crippen LogP contribution is -2.32. The number of halogens is 1. The van der Waals surface area contributed by atoms with E-state index >= 15 is 0 Å². The van der Waals surface area contributed by atoms with Crippen LogP contribution >= 0.6 is 15.9 Å². The smallest absolute Gasteiger partial charge is 0.0947 e. The van der Waals surface area contributed by atoms with E-state index in [0.29, 0.717) is 13.2 Å². The summed E-state index contributed by atoms with van der Waals surface area (Å²) >= 11 is 3.51. The number of hydrogen-bond acceptors (Lipinski definition) is 4. The molecule has 1 atom stereocenters. The van der Waals surface area contributed by atoms with Crippen LogP contribution < -0.4 is 10.2 Å². The Balaban J connectivity index is 2.76. The normalized spacial score (nSPS) is 12.4. The Morgan fingerprint density at radius 2 is 2.20 bits per heavy atom. The van der Waals surface area contributed by atoms with Crippen LogP contribution in [0.15, 0.2) is 22.7 Å². The summed E-state index contributed by atoms with van der Waals surface area (Å²) in [6.45, 7) is 4.89. The molecule has 0 spiro atoms. The maximum atomic E-state index is 9.86. The molecule has 0 aromatic heterocycles. The van der Waals surface area contributed by atoms with E-state index in [4.69, 9.17) is 4.74 Å². The molecule has 1 rings (SSSR count). The van der Waals surface area contributed by atoms with Gasteiger partial charge in [0.05, 0.1) is 12.7 Å². The summed E-state index contributed by atoms with van der Waals surface area (Å²) in [7, 11) is 3.59. The van der Waals surface area contributed by atoms with Crippen molar-refractivity contribution in [3.63, 3.8) is 0 Å². The molecule has 2 N–H and O–H groups in total. The van der Waals surface area contributed by atoms with Crippen molar-refractivity contribution >= 4 is 21.6 Å². The Labute approximate surface area is 130 Å². The summed E-state index contributed by atoms with van der Waals surface area (Å²) in [5, 5.41) is 13.3. The molecule has 0 bridgehead atoms. The van der Waals surface area contributed by atoms with Crippen molar-refractivity contribution in [3.05, 3.63) is 28.2 Å². The molecule has 0 aliphatic rings. The van der Waals surface area contributed by atoms with E-state index in [0.717, 1.165) is 29.7 Å². The third-order valence-corrected chi connectivity index (χ3v) is 3.54. The predicted octanol–water partition coefficient (Wildman–Crippen LogP) is 2.39. The first kappa shape index (κ1) is 17.4. The van der Waals surface area contributed by atoms with Crippen LogP contribution in [-0.4, -0.2) is 45.1 Å². The van der Waals surface area contributed by atoms with Gasteiger partial charge in [-0.3, -0.25) is 0 Å². The van der Waals surface area contributed by atoms with E-state index < -0.39 is 6.10 Å². The van der Waals surface area contributed by atoms with Gasteiger partial charge in [0.25, 0.3) is 0 Å². The fourth-order valence-electron chi connectivity index (χ4n) is 2.10. The molecule has 1 aromatic rings. The van der Waals surface area contributed by atoms with Crippen molar-refractivity contribution in [1.29, 1.82) is 0 Å². The number of rotatable bonds is 9. The van der Waals surface area contributed by atoms with Crippen molar-refractivity contribution in [1.82, 2.24) is 5.32 Å². The predicted molar refractivity (Wildman–Crippen MR) is 87.3 cm³/mol. The third-order valence-electron chi connectivity index (χ3n) is 3.04. The molecule has 1 aromatic carbocycles. The van der Waals surface area contributed by atoms with Gasteiger partial charge in [-0.05, 0) is 30.7 Å². The molecular formula is C15H25BrN2O2. The number of benzene rings is 1. The zero-order valence-corrected chi connectivity index (χ0v) is 14.1. The van der Waals surface area contributed by atoms with Gasteiger partial charge >= 0.3 is 0 Å². The Hall–Kier alpha value is -0.620. The second-order valence-electron chi connectivity index (χ2n) is 4.94. The summed E-state index contributed by atoms with van der Waals surface area (Å²) in [6.07, 6.45) is 0.634. The minimum atomic E-state index is -0.486. The zero-order valence-electron chi connectivity index (χ0n) is 12.5. The van der Waals surface area contributed by atoms with E-state index in [1.165, 1.54) is 5.56 Å². The quantitative estimate of drug-likeness (QED) is 0.675. The van der Waals surface area contributed by atoms with Crippen LogP contribution in [0.25, 0.3) is 0 Å². The number of likely N-dealkylation sites (N-methyl/N-ethyl adjacent to an activating group) is 1. The van der Waals surface area contributed by atoms with Crippen LogP contribution in [-0.2, 0) is 11.3 Å². The lowest BCUT2D eigenvalue weighted by molar-refractivity contribution is 0.0695. The van der Waals surface area contributed by atoms with E-state index in [1.807, 2.05) is 13.1 Å². The monoisotopic (exact) mass is 344 g/mol. The maximum absolute atomic E-state index is 9.86. The molecule has 0 fully saturated rings. The van der Waals surface area contributed by atoms with Crippen LogP contribution in [0.2, 0.25) is 0 Å². The highest BCUT2D eigenvalue weighted by molar-refractivity contribution is 9.10. The van der Waals surface area contributed by atoms with Crippen LogP contribution in [0.5, 0.6) is 0 Å². The van der Waals surface area contributed by atoms with Gasteiger partial charge in [0.2, 0.25) is 0 Å². The molecule has 0 heterocycles. The highest BCUT2D eigenvalue weighted by Crippen LogP contribution is 2.24. The van der Waals surface area contributed by atoms with E-state index in [9.17, 15) is 5.11 Å². The highest BCUT2D eigenvalue weighted by atomic mass is 79.9. The number of aliphatic hydroxyl groups is 1. The summed E-state index contributed by atoms with van der Waals surface area (Å²) in [6, 6.07) is 6.25. The van der Waals surface area contributed by atoms with Crippen LogP contribution in [0, 0.1) is 0 Å². The summed E-state index contributed by atoms with van der Waals surface area (Å²) < 4.78 is 6.02. The Morgan fingerprint density at radius 3 is 2.85 bits per heavy atom. The Bertz CT molecular complexity index is 401. The Morgan fingerprint density at radius 1 is 1.45 bits per heavy atom. The van der Waals surface area contributed by atoms with Gasteiger partial charge in [-0.1, -0.05) is 28.9 Å². The number of anilines is 1. The SMILES string of the molecule is CCCNCc1ccc(Br)cc1N(C)CC(O)COC. The molecule has 5 heteroatoms. The van der Waals surface area contributed by atoms with E-state index in [-0.39, 0.29) is 0 Å². The van der Waals surface area contributed by atoms with Gasteiger partial charge in [0.15, 0.2) is 0 Å². The maximum Gasteiger partial charge on any atom is 0.0947 e. The van der Waals surface area contributed by atoms with Crippen molar-refractivity contribution in [2.24, 2.45) is 0 Å². The largest absolute Gasteiger partial charge is 0.389 e. The number of aliphatic hydroxyl groups excluding tert-OH is 1. The third kappa shape index (κ3) is 5.79. The minimum Gasteiger partial charge on any atom is -0.389 e. The van der Waals surface area contributed by atoms with Gasteiger partial charge in [-0.15, -0.1) is 0 Å². The van der Waals surface area contributed by atoms with Crippen molar-refractivity contribution in [3.8, 4) is 0 Å². The molecule has 114 valence electrons. The number of nitrogens with one attached hydrogen (secondary N) is 1. The van der Waals surface area contributed by atoms with Gasteiger partial charge in [0, 0.05) is 37.4 Å². The summed E-state index contributed by atoms with van der Waals surface area (Å²) in [5.41, 5.74) is 2.35. The number of hydrogen-bond donors (Lipinski definition) is 2. The van der Waals surface area contributed by atoms with Crippen molar-refractivity contribution in [2.45, 2.75) is 26.0 Å². The van der Waals surface area contributed by atoms with Crippen LogP contribution in [0.1, 0.15) is 18.9 Å². The van der Waals surface area contributed by atoms with Crippen LogP contribution in [0.4, 0.5) is 5.69 Å². The molecule has 0 radical (unpaired) electrons. The lowest BCUT2D eigenvalue weighted by Gasteiger charge is -2.25. The topological polar surface area (TPSA) is 44.7 Å². The zero-order chi connectivity index (χ0) is 15.0. The van der Waals surface area contributed by atoms with Gasteiger partial charge < -0.3 is 20.1 Å². The molecule has 20 heavy (non-hydrogen) atoms. The van der Waals surface area contributed by atoms with Gasteiger partial charge in [-0.2, -0.15) is 0 Å². The molecular weight excluding hydrogens is 320 g/mol. The average molecular weight is 345 g/mol. The Kier molecular flexibility index (Phi) is 8.14. The molecule has 0 saturated heterocycles. The van der Waals surface area contributed by atoms with Crippen molar-refractivity contribution in [2.75, 3.05) is 38.8 Å². The molecule has 0 aliphatic heterocycles. The molecule has 0 saturated carbocycles. The molecule has 0 aliphatic carbocycles. The molecule has 0 amide bonds. The summed E-state index contributed by atoms with van der Waals surface area (Å²) in [5.74, 6) is 0. The molecule has 1 unspecified atom stereocenters. The van der Waals surface area contributed by atoms with E-state index in [1.54, 1.807) is 7.11 Å². The lowest BCUT2D eigenvalue weighted by atomic mass is 10.1. The average Bonchev–Trinajstić information content (AvgIpc) is 2.40. The number of methoxy groups -OCH3 is 1. The second-order valence-corrected chi connectivity index (χ2v) is 5.86. The van der Waals surface area contributed by atoms with Gasteiger partial charge in [0.1, 0.15) is 0 Å². The standard InChI is InChI=1S/C15H25BrN2O2/c1-4-7-17-9-12-5-6-13(16)8-15(12)18(2)10-14(19)11-20-3/h5-6,8,14,17,19H,4,7,9-11H2,1-3H3. The number of nitrogens with zero attached hydrogens (tertiary/aromatic N) is 1.